The van der Waals surface area contributed by atoms with Crippen LogP contribution in [0.3, 0.4) is 0 Å². The molecule has 10 aromatic rings. The van der Waals surface area contributed by atoms with Crippen LogP contribution < -0.4 is 0 Å². The molecule has 66 heavy (non-hydrogen) atoms. The van der Waals surface area contributed by atoms with E-state index in [1.54, 1.807) is 0 Å². The lowest BCUT2D eigenvalue weighted by Gasteiger charge is -2.31. The maximum absolute atomic E-state index is 5.37. The van der Waals surface area contributed by atoms with Crippen LogP contribution in [0.2, 0.25) is 0 Å². The van der Waals surface area contributed by atoms with E-state index in [-0.39, 0.29) is 5.92 Å². The fraction of sp³-hybridized carbons (Fsp3) is 0.0312. The molecule has 0 saturated heterocycles. The van der Waals surface area contributed by atoms with E-state index in [2.05, 4.69) is 255 Å². The zero-order chi connectivity index (χ0) is 44.1. The molecule has 0 radical (unpaired) electrons. The molecule has 312 valence electrons. The molecule has 0 spiro atoms. The first-order valence-corrected chi connectivity index (χ1v) is 22.8. The molecule has 0 aliphatic heterocycles. The van der Waals surface area contributed by atoms with E-state index in [0.29, 0.717) is 5.82 Å². The van der Waals surface area contributed by atoms with Gasteiger partial charge in [0.05, 0.1) is 11.4 Å². The largest absolute Gasteiger partial charge is 0.228 e. The summed E-state index contributed by atoms with van der Waals surface area (Å²) in [5.74, 6) is 0.814. The van der Waals surface area contributed by atoms with E-state index >= 15 is 0 Å². The summed E-state index contributed by atoms with van der Waals surface area (Å²) in [5, 5.41) is 0. The molecular formula is C64H46N2. The zero-order valence-corrected chi connectivity index (χ0v) is 36.5. The molecule has 1 unspecified atom stereocenters. The molecule has 0 bridgehead atoms. The quantitative estimate of drug-likeness (QED) is 0.137. The van der Waals surface area contributed by atoms with Gasteiger partial charge >= 0.3 is 0 Å². The van der Waals surface area contributed by atoms with Gasteiger partial charge in [-0.1, -0.05) is 255 Å². The predicted molar refractivity (Wildman–Crippen MR) is 277 cm³/mol. The molecule has 1 aliphatic carbocycles. The Labute approximate surface area is 387 Å². The molecule has 1 aromatic heterocycles. The van der Waals surface area contributed by atoms with Crippen molar-refractivity contribution in [1.82, 2.24) is 9.97 Å². The number of aromatic nitrogens is 2. The Morgan fingerprint density at radius 3 is 1.17 bits per heavy atom. The van der Waals surface area contributed by atoms with Gasteiger partial charge in [-0.25, -0.2) is 9.97 Å². The molecule has 11 rings (SSSR count). The molecule has 2 nitrogen and oxygen atoms in total. The summed E-state index contributed by atoms with van der Waals surface area (Å²) in [6, 6.07) is 84.6. The van der Waals surface area contributed by atoms with Gasteiger partial charge in [-0.05, 0) is 84.8 Å². The van der Waals surface area contributed by atoms with Crippen LogP contribution in [0.15, 0.2) is 261 Å². The highest BCUT2D eigenvalue weighted by Gasteiger charge is 2.31. The summed E-state index contributed by atoms with van der Waals surface area (Å²) in [7, 11) is 0. The first-order valence-electron chi connectivity index (χ1n) is 22.8. The van der Waals surface area contributed by atoms with Gasteiger partial charge in [-0.15, -0.1) is 0 Å². The van der Waals surface area contributed by atoms with Gasteiger partial charge < -0.3 is 0 Å². The van der Waals surface area contributed by atoms with Crippen molar-refractivity contribution >= 4 is 0 Å². The van der Waals surface area contributed by atoms with Crippen molar-refractivity contribution in [3.63, 3.8) is 0 Å². The molecule has 1 heterocycles. The third-order valence-corrected chi connectivity index (χ3v) is 12.7. The number of hydrogen-bond acceptors (Lipinski definition) is 2. The van der Waals surface area contributed by atoms with E-state index in [1.807, 2.05) is 6.07 Å². The molecule has 0 amide bonds. The number of rotatable bonds is 10. The van der Waals surface area contributed by atoms with Gasteiger partial charge in [0.2, 0.25) is 0 Å². The first-order chi connectivity index (χ1) is 32.8. The number of nitrogens with zero attached hydrogens (tertiary/aromatic N) is 2. The molecule has 2 heteroatoms. The van der Waals surface area contributed by atoms with Crippen molar-refractivity contribution in [3.05, 3.63) is 266 Å². The van der Waals surface area contributed by atoms with Gasteiger partial charge in [0.1, 0.15) is 0 Å². The smallest absolute Gasteiger partial charge is 0.160 e. The van der Waals surface area contributed by atoms with Crippen LogP contribution in [0.5, 0.6) is 0 Å². The van der Waals surface area contributed by atoms with Gasteiger partial charge in [0.25, 0.3) is 0 Å². The average Bonchev–Trinajstić information content (AvgIpc) is 3.41. The molecular weight excluding hydrogens is 797 g/mol. The Balaban J connectivity index is 1.19. The van der Waals surface area contributed by atoms with Crippen molar-refractivity contribution in [3.8, 4) is 101 Å². The van der Waals surface area contributed by atoms with Crippen molar-refractivity contribution in [1.29, 1.82) is 0 Å². The van der Waals surface area contributed by atoms with Crippen molar-refractivity contribution < 1.29 is 0 Å². The first kappa shape index (κ1) is 40.3. The second-order valence-corrected chi connectivity index (χ2v) is 16.7. The van der Waals surface area contributed by atoms with Crippen LogP contribution in [0.1, 0.15) is 17.9 Å². The minimum absolute atomic E-state index is 0.136. The summed E-state index contributed by atoms with van der Waals surface area (Å²) < 4.78 is 0. The van der Waals surface area contributed by atoms with E-state index in [1.165, 1.54) is 50.1 Å². The summed E-state index contributed by atoms with van der Waals surface area (Å²) >= 11 is 0. The average molecular weight is 843 g/mol. The van der Waals surface area contributed by atoms with E-state index in [4.69, 9.17) is 9.97 Å². The molecule has 0 fully saturated rings. The highest BCUT2D eigenvalue weighted by Crippen LogP contribution is 2.55. The second kappa shape index (κ2) is 18.3. The Morgan fingerprint density at radius 2 is 0.682 bits per heavy atom. The monoisotopic (exact) mass is 842 g/mol. The van der Waals surface area contributed by atoms with Gasteiger partial charge in [-0.2, -0.15) is 0 Å². The van der Waals surface area contributed by atoms with Gasteiger partial charge in [-0.3, -0.25) is 0 Å². The number of hydrogen-bond donors (Lipinski definition) is 0. The lowest BCUT2D eigenvalue weighted by molar-refractivity contribution is 0.858. The van der Waals surface area contributed by atoms with Crippen LogP contribution in [0.25, 0.3) is 101 Å². The minimum atomic E-state index is 0.136. The normalized spacial score (nSPS) is 13.1. The number of allylic oxidation sites excluding steroid dienone is 4. The lowest BCUT2D eigenvalue weighted by Crippen LogP contribution is -2.08. The summed E-state index contributed by atoms with van der Waals surface area (Å²) in [6.45, 7) is 0. The maximum Gasteiger partial charge on any atom is 0.160 e. The van der Waals surface area contributed by atoms with Crippen molar-refractivity contribution in [2.45, 2.75) is 12.3 Å². The summed E-state index contributed by atoms with van der Waals surface area (Å²) in [5.41, 5.74) is 20.4. The molecule has 1 atom stereocenters. The van der Waals surface area contributed by atoms with Crippen LogP contribution >= 0.6 is 0 Å². The van der Waals surface area contributed by atoms with Crippen LogP contribution in [0, 0.1) is 0 Å². The predicted octanol–water partition coefficient (Wildman–Crippen LogP) is 17.1. The summed E-state index contributed by atoms with van der Waals surface area (Å²) in [6.07, 6.45) is 10.0. The van der Waals surface area contributed by atoms with E-state index in [9.17, 15) is 0 Å². The Bertz CT molecular complexity index is 3320. The summed E-state index contributed by atoms with van der Waals surface area (Å²) in [4.78, 5) is 10.7. The SMILES string of the molecule is C1=CCC(c2c(-c3ccccc3)c(-c3ccccc3)c(-c3ccccc3)c(-c3ccc(-c4nc(-c5ccccc5)cc(-c5ccccc5-c5ccccc5)n4)cc3)c2-c2ccccc2)C=C1. The Hall–Kier alpha value is -8.46. The highest BCUT2D eigenvalue weighted by atomic mass is 14.9. The minimum Gasteiger partial charge on any atom is -0.228 e. The van der Waals surface area contributed by atoms with Gasteiger partial charge in [0.15, 0.2) is 5.82 Å². The third-order valence-electron chi connectivity index (χ3n) is 12.7. The fourth-order valence-electron chi connectivity index (χ4n) is 9.65. The van der Waals surface area contributed by atoms with Crippen LogP contribution in [0.4, 0.5) is 0 Å². The molecule has 0 saturated carbocycles. The second-order valence-electron chi connectivity index (χ2n) is 16.7. The Morgan fingerprint density at radius 1 is 0.303 bits per heavy atom. The third kappa shape index (κ3) is 7.91. The molecule has 1 aliphatic rings. The molecule has 0 N–H and O–H groups in total. The van der Waals surface area contributed by atoms with E-state index < -0.39 is 0 Å². The van der Waals surface area contributed by atoms with Crippen LogP contribution in [-0.4, -0.2) is 9.97 Å². The highest BCUT2D eigenvalue weighted by molar-refractivity contribution is 6.10. The van der Waals surface area contributed by atoms with Crippen molar-refractivity contribution in [2.75, 3.05) is 0 Å². The lowest BCUT2D eigenvalue weighted by atomic mass is 9.72. The zero-order valence-electron chi connectivity index (χ0n) is 36.5. The Kier molecular flexibility index (Phi) is 11.2. The standard InChI is InChI=1S/C64H46N2/c1-8-24-45(25-9-1)54-38-22-23-39-55(54)57-44-56(46-26-10-2-11-27-46)65-64(66-57)53-42-40-52(41-43-53)63-61(50-34-18-6-19-35-50)59(48-30-14-4-15-31-48)58(47-28-12-3-13-29-47)60(49-32-16-5-17-33-49)62(63)51-36-20-7-21-37-51/h1-32,34-44,49H,33H2. The van der Waals surface area contributed by atoms with Crippen LogP contribution in [-0.2, 0) is 0 Å². The van der Waals surface area contributed by atoms with Crippen molar-refractivity contribution in [2.24, 2.45) is 0 Å². The topological polar surface area (TPSA) is 25.8 Å². The van der Waals surface area contributed by atoms with E-state index in [0.717, 1.165) is 56.8 Å². The molecule has 9 aromatic carbocycles. The van der Waals surface area contributed by atoms with Gasteiger partial charge in [0, 0.05) is 22.6 Å². The number of benzene rings is 9. The maximum atomic E-state index is 5.37. The fourth-order valence-corrected chi connectivity index (χ4v) is 9.65.